The molecule has 0 amide bonds. The fourth-order valence-electron chi connectivity index (χ4n) is 1.85. The second-order valence-corrected chi connectivity index (χ2v) is 4.27. The number of Topliss-reactive ketones (excluding diaryl/α,β-unsaturated/α-hetero) is 1. The van der Waals surface area contributed by atoms with Crippen LogP contribution >= 0.6 is 0 Å². The molecule has 106 valence electrons. The van der Waals surface area contributed by atoms with E-state index in [0.717, 1.165) is 5.69 Å². The maximum absolute atomic E-state index is 12.0. The highest BCUT2D eigenvalue weighted by molar-refractivity contribution is 5.96. The fraction of sp³-hybridized carbons (Fsp3) is 0.286. The molecule has 0 spiro atoms. The summed E-state index contributed by atoms with van der Waals surface area (Å²) in [7, 11) is 1.82. The van der Waals surface area contributed by atoms with E-state index in [2.05, 4.69) is 9.84 Å². The van der Waals surface area contributed by atoms with Crippen molar-refractivity contribution in [1.82, 2.24) is 9.78 Å². The van der Waals surface area contributed by atoms with Crippen molar-refractivity contribution < 1.29 is 18.3 Å². The first-order valence-electron chi connectivity index (χ1n) is 6.11. The lowest BCUT2D eigenvalue weighted by Gasteiger charge is -2.05. The van der Waals surface area contributed by atoms with E-state index >= 15 is 0 Å². The number of ketones is 1. The highest BCUT2D eigenvalue weighted by Crippen LogP contribution is 2.16. The van der Waals surface area contributed by atoms with Crippen LogP contribution in [0.25, 0.3) is 0 Å². The summed E-state index contributed by atoms with van der Waals surface area (Å²) in [6, 6.07) is 7.56. The van der Waals surface area contributed by atoms with Crippen molar-refractivity contribution in [3.8, 4) is 5.75 Å². The van der Waals surface area contributed by atoms with Crippen molar-refractivity contribution in [2.75, 3.05) is 0 Å². The number of nitrogens with zero attached hydrogens (tertiary/aromatic N) is 2. The number of rotatable bonds is 6. The van der Waals surface area contributed by atoms with Gasteiger partial charge in [0.15, 0.2) is 5.78 Å². The Morgan fingerprint density at radius 2 is 2.00 bits per heavy atom. The van der Waals surface area contributed by atoms with Gasteiger partial charge in [0.1, 0.15) is 5.75 Å². The zero-order chi connectivity index (χ0) is 14.5. The van der Waals surface area contributed by atoms with Gasteiger partial charge < -0.3 is 4.74 Å². The Balaban J connectivity index is 1.94. The van der Waals surface area contributed by atoms with Crippen LogP contribution in [0.4, 0.5) is 8.78 Å². The molecule has 6 heteroatoms. The number of hydrogen-bond donors (Lipinski definition) is 0. The molecule has 0 aliphatic rings. The van der Waals surface area contributed by atoms with Gasteiger partial charge in [0, 0.05) is 30.9 Å². The van der Waals surface area contributed by atoms with E-state index in [9.17, 15) is 13.6 Å². The molecule has 0 radical (unpaired) electrons. The first-order valence-corrected chi connectivity index (χ1v) is 6.11. The summed E-state index contributed by atoms with van der Waals surface area (Å²) < 4.78 is 29.9. The van der Waals surface area contributed by atoms with Crippen molar-refractivity contribution in [1.29, 1.82) is 0 Å². The molecule has 2 rings (SSSR count). The number of carbonyl (C=O) groups is 1. The quantitative estimate of drug-likeness (QED) is 0.764. The zero-order valence-electron chi connectivity index (χ0n) is 10.9. The molecule has 4 nitrogen and oxygen atoms in total. The van der Waals surface area contributed by atoms with Gasteiger partial charge in [-0.05, 0) is 36.8 Å². The van der Waals surface area contributed by atoms with E-state index in [1.165, 1.54) is 24.3 Å². The maximum atomic E-state index is 12.0. The van der Waals surface area contributed by atoms with Gasteiger partial charge in [-0.1, -0.05) is 0 Å². The summed E-state index contributed by atoms with van der Waals surface area (Å²) in [6.07, 6.45) is 2.61. The molecular formula is C14H14F2N2O2. The smallest absolute Gasteiger partial charge is 0.387 e. The first-order chi connectivity index (χ1) is 9.56. The third-order valence-electron chi connectivity index (χ3n) is 2.93. The minimum atomic E-state index is -2.86. The van der Waals surface area contributed by atoms with Crippen LogP contribution in [0.2, 0.25) is 0 Å². The van der Waals surface area contributed by atoms with Crippen molar-refractivity contribution in [2.24, 2.45) is 7.05 Å². The van der Waals surface area contributed by atoms with Crippen LogP contribution in [-0.2, 0) is 13.5 Å². The topological polar surface area (TPSA) is 44.1 Å². The molecule has 1 aromatic heterocycles. The van der Waals surface area contributed by atoms with E-state index in [-0.39, 0.29) is 11.5 Å². The number of benzene rings is 1. The molecule has 1 heterocycles. The lowest BCUT2D eigenvalue weighted by atomic mass is 10.1. The Labute approximate surface area is 115 Å². The van der Waals surface area contributed by atoms with Crippen molar-refractivity contribution in [2.45, 2.75) is 19.5 Å². The highest BCUT2D eigenvalue weighted by Gasteiger charge is 2.09. The first kappa shape index (κ1) is 14.2. The third kappa shape index (κ3) is 3.63. The number of hydrogen-bond acceptors (Lipinski definition) is 3. The Morgan fingerprint density at radius 1 is 1.30 bits per heavy atom. The van der Waals surface area contributed by atoms with Gasteiger partial charge in [0.2, 0.25) is 0 Å². The Hall–Kier alpha value is -2.24. The lowest BCUT2D eigenvalue weighted by molar-refractivity contribution is -0.0498. The lowest BCUT2D eigenvalue weighted by Crippen LogP contribution is -2.05. The average molecular weight is 280 g/mol. The second kappa shape index (κ2) is 6.27. The number of carbonyl (C=O) groups excluding carboxylic acids is 1. The molecule has 0 unspecified atom stereocenters. The molecule has 1 aromatic carbocycles. The standard InChI is InChI=1S/C14H14F2N2O2/c1-18-11(8-9-17-18)4-7-13(19)10-2-5-12(6-3-10)20-14(15)16/h2-3,5-6,8-9,14H,4,7H2,1H3. The number of aryl methyl sites for hydroxylation is 2. The van der Waals surface area contributed by atoms with Crippen LogP contribution in [0.3, 0.4) is 0 Å². The molecule has 20 heavy (non-hydrogen) atoms. The van der Waals surface area contributed by atoms with E-state index in [1.54, 1.807) is 10.9 Å². The van der Waals surface area contributed by atoms with E-state index in [1.807, 2.05) is 13.1 Å². The molecule has 0 fully saturated rings. The summed E-state index contributed by atoms with van der Waals surface area (Å²) in [6.45, 7) is -2.86. The fourth-order valence-corrected chi connectivity index (χ4v) is 1.85. The van der Waals surface area contributed by atoms with Crippen LogP contribution in [0.1, 0.15) is 22.5 Å². The normalized spacial score (nSPS) is 10.8. The number of alkyl halides is 2. The molecule has 0 N–H and O–H groups in total. The van der Waals surface area contributed by atoms with E-state index < -0.39 is 6.61 Å². The summed E-state index contributed by atoms with van der Waals surface area (Å²) in [4.78, 5) is 12.0. The predicted molar refractivity (Wildman–Crippen MR) is 68.9 cm³/mol. The van der Waals surface area contributed by atoms with Gasteiger partial charge in [-0.3, -0.25) is 9.48 Å². The summed E-state index contributed by atoms with van der Waals surface area (Å²) >= 11 is 0. The summed E-state index contributed by atoms with van der Waals surface area (Å²) in [5.41, 5.74) is 1.45. The van der Waals surface area contributed by atoms with Gasteiger partial charge in [0.25, 0.3) is 0 Å². The van der Waals surface area contributed by atoms with Gasteiger partial charge in [-0.25, -0.2) is 0 Å². The number of ether oxygens (including phenoxy) is 1. The molecular weight excluding hydrogens is 266 g/mol. The molecule has 0 aliphatic carbocycles. The van der Waals surface area contributed by atoms with Gasteiger partial charge in [-0.2, -0.15) is 13.9 Å². The second-order valence-electron chi connectivity index (χ2n) is 4.27. The molecule has 0 atom stereocenters. The monoisotopic (exact) mass is 280 g/mol. The van der Waals surface area contributed by atoms with Crippen LogP contribution < -0.4 is 4.74 Å². The van der Waals surface area contributed by atoms with E-state index in [0.29, 0.717) is 18.4 Å². The van der Waals surface area contributed by atoms with Crippen LogP contribution in [-0.4, -0.2) is 22.2 Å². The zero-order valence-corrected chi connectivity index (χ0v) is 10.9. The molecule has 0 saturated carbocycles. The average Bonchev–Trinajstić information content (AvgIpc) is 2.82. The van der Waals surface area contributed by atoms with Crippen molar-refractivity contribution >= 4 is 5.78 Å². The number of aromatic nitrogens is 2. The van der Waals surface area contributed by atoms with Crippen LogP contribution in [0, 0.1) is 0 Å². The third-order valence-corrected chi connectivity index (χ3v) is 2.93. The maximum Gasteiger partial charge on any atom is 0.387 e. The highest BCUT2D eigenvalue weighted by atomic mass is 19.3. The Kier molecular flexibility index (Phi) is 4.45. The molecule has 0 saturated heterocycles. The van der Waals surface area contributed by atoms with Crippen LogP contribution in [0.15, 0.2) is 36.5 Å². The van der Waals surface area contributed by atoms with Crippen molar-refractivity contribution in [3.05, 3.63) is 47.8 Å². The summed E-state index contributed by atoms with van der Waals surface area (Å²) in [5.74, 6) is -0.00187. The van der Waals surface area contributed by atoms with Gasteiger partial charge in [-0.15, -0.1) is 0 Å². The Bertz CT molecular complexity index is 579. The van der Waals surface area contributed by atoms with Gasteiger partial charge in [0.05, 0.1) is 0 Å². The number of halogens is 2. The summed E-state index contributed by atoms with van der Waals surface area (Å²) in [5, 5.41) is 4.02. The van der Waals surface area contributed by atoms with Gasteiger partial charge >= 0.3 is 6.61 Å². The SMILES string of the molecule is Cn1nccc1CCC(=O)c1ccc(OC(F)F)cc1. The minimum Gasteiger partial charge on any atom is -0.435 e. The largest absolute Gasteiger partial charge is 0.435 e. The molecule has 0 aliphatic heterocycles. The van der Waals surface area contributed by atoms with E-state index in [4.69, 9.17) is 0 Å². The molecule has 0 bridgehead atoms. The predicted octanol–water partition coefficient (Wildman–Crippen LogP) is 2.84. The van der Waals surface area contributed by atoms with Crippen molar-refractivity contribution in [3.63, 3.8) is 0 Å². The molecule has 2 aromatic rings. The Morgan fingerprint density at radius 3 is 2.55 bits per heavy atom. The van der Waals surface area contributed by atoms with Crippen LogP contribution in [0.5, 0.6) is 5.75 Å². The minimum absolute atomic E-state index is 0.0446.